The van der Waals surface area contributed by atoms with Crippen molar-refractivity contribution >= 4 is 18.0 Å². The van der Waals surface area contributed by atoms with Gasteiger partial charge in [-0.3, -0.25) is 4.79 Å². The lowest BCUT2D eigenvalue weighted by molar-refractivity contribution is -0.155. The van der Waals surface area contributed by atoms with E-state index >= 15 is 0 Å². The molecule has 0 bridgehead atoms. The lowest BCUT2D eigenvalue weighted by atomic mass is 10.0. The molecule has 1 aliphatic heterocycles. The van der Waals surface area contributed by atoms with Crippen LogP contribution in [0, 0.1) is 0 Å². The number of carbonyl (C=O) groups excluding carboxylic acids is 2. The van der Waals surface area contributed by atoms with Crippen LogP contribution in [0.1, 0.15) is 41.0 Å². The topological polar surface area (TPSA) is 95.9 Å². The molecule has 1 atom stereocenters. The number of nitrogens with one attached hydrogen (secondary N) is 1. The monoisotopic (exact) mass is 286 g/mol. The van der Waals surface area contributed by atoms with Gasteiger partial charge in [0.25, 0.3) is 0 Å². The maximum absolute atomic E-state index is 12.2. The quantitative estimate of drug-likeness (QED) is 0.806. The molecule has 7 heteroatoms. The largest absolute Gasteiger partial charge is 0.480 e. The Morgan fingerprint density at radius 1 is 1.30 bits per heavy atom. The molecule has 0 radical (unpaired) electrons. The Labute approximate surface area is 118 Å². The number of carboxylic acids is 1. The highest BCUT2D eigenvalue weighted by molar-refractivity contribution is 5.92. The Morgan fingerprint density at radius 2 is 1.85 bits per heavy atom. The molecule has 1 saturated heterocycles. The van der Waals surface area contributed by atoms with Crippen LogP contribution in [0.5, 0.6) is 0 Å². The molecule has 0 aromatic rings. The number of rotatable bonds is 3. The first kappa shape index (κ1) is 16.3. The van der Waals surface area contributed by atoms with Crippen LogP contribution in [0.3, 0.4) is 0 Å². The third-order valence-corrected chi connectivity index (χ3v) is 3.09. The lowest BCUT2D eigenvalue weighted by Gasteiger charge is -2.31. The van der Waals surface area contributed by atoms with Gasteiger partial charge in [0.15, 0.2) is 0 Å². The summed E-state index contributed by atoms with van der Waals surface area (Å²) in [5.41, 5.74) is -1.94. The maximum atomic E-state index is 12.2. The molecule has 7 nitrogen and oxygen atoms in total. The smallest absolute Gasteiger partial charge is 0.408 e. The van der Waals surface area contributed by atoms with Crippen molar-refractivity contribution in [3.05, 3.63) is 0 Å². The zero-order chi connectivity index (χ0) is 15.7. The molecule has 0 aromatic carbocycles. The zero-order valence-corrected chi connectivity index (χ0v) is 12.5. The summed E-state index contributed by atoms with van der Waals surface area (Å²) in [6.45, 7) is 8.39. The van der Waals surface area contributed by atoms with Gasteiger partial charge >= 0.3 is 12.1 Å². The molecular weight excluding hydrogens is 264 g/mol. The Hall–Kier alpha value is -1.79. The maximum Gasteiger partial charge on any atom is 0.408 e. The van der Waals surface area contributed by atoms with Crippen molar-refractivity contribution in [3.8, 4) is 0 Å². The summed E-state index contributed by atoms with van der Waals surface area (Å²) in [6, 6.07) is -0.733. The van der Waals surface area contributed by atoms with Gasteiger partial charge in [0.1, 0.15) is 17.2 Å². The number of aliphatic carboxylic acids is 1. The Kier molecular flexibility index (Phi) is 4.31. The van der Waals surface area contributed by atoms with Crippen molar-refractivity contribution < 1.29 is 24.2 Å². The van der Waals surface area contributed by atoms with Crippen LogP contribution in [0.2, 0.25) is 0 Å². The van der Waals surface area contributed by atoms with Gasteiger partial charge in [0.2, 0.25) is 5.91 Å². The van der Waals surface area contributed by atoms with Crippen molar-refractivity contribution in [2.45, 2.75) is 58.2 Å². The van der Waals surface area contributed by atoms with E-state index in [9.17, 15) is 14.4 Å². The van der Waals surface area contributed by atoms with Gasteiger partial charge in [-0.15, -0.1) is 0 Å². The molecule has 114 valence electrons. The number of nitrogens with zero attached hydrogens (tertiary/aromatic N) is 1. The minimum absolute atomic E-state index is 0.290. The average Bonchev–Trinajstić information content (AvgIpc) is 2.57. The van der Waals surface area contributed by atoms with Gasteiger partial charge in [0.05, 0.1) is 0 Å². The number of amides is 2. The third kappa shape index (κ3) is 3.61. The van der Waals surface area contributed by atoms with Crippen LogP contribution < -0.4 is 5.32 Å². The highest BCUT2D eigenvalue weighted by atomic mass is 16.6. The molecule has 0 spiro atoms. The number of hydrogen-bond donors (Lipinski definition) is 2. The van der Waals surface area contributed by atoms with E-state index in [2.05, 4.69) is 5.32 Å². The standard InChI is InChI=1S/C13H22N2O5/c1-12(2,3)20-11(19)14-8-6-7-15(9(8)16)13(4,5)10(17)18/h8H,6-7H2,1-5H3,(H,14,19)(H,17,18)/t8-/m1/s1. The van der Waals surface area contributed by atoms with Gasteiger partial charge in [-0.1, -0.05) is 0 Å². The number of ether oxygens (including phenoxy) is 1. The molecule has 0 saturated carbocycles. The molecule has 1 rings (SSSR count). The molecule has 2 amide bonds. The second-order valence-electron chi connectivity index (χ2n) is 6.34. The fraction of sp³-hybridized carbons (Fsp3) is 0.769. The summed E-state index contributed by atoms with van der Waals surface area (Å²) in [4.78, 5) is 36.2. The van der Waals surface area contributed by atoms with Gasteiger partial charge < -0.3 is 20.1 Å². The second kappa shape index (κ2) is 5.30. The van der Waals surface area contributed by atoms with Crippen molar-refractivity contribution in [2.24, 2.45) is 0 Å². The molecular formula is C13H22N2O5. The minimum atomic E-state index is -1.29. The third-order valence-electron chi connectivity index (χ3n) is 3.09. The first-order chi connectivity index (χ1) is 8.95. The van der Waals surface area contributed by atoms with E-state index in [1.165, 1.54) is 18.7 Å². The number of alkyl carbamates (subject to hydrolysis) is 1. The van der Waals surface area contributed by atoms with E-state index < -0.39 is 35.2 Å². The van der Waals surface area contributed by atoms with Gasteiger partial charge in [-0.25, -0.2) is 9.59 Å². The SMILES string of the molecule is CC(C)(C)OC(=O)N[C@@H]1CCN(C(C)(C)C(=O)O)C1=O. The Balaban J connectivity index is 2.68. The van der Waals surface area contributed by atoms with Crippen LogP contribution in [-0.4, -0.2) is 51.7 Å². The van der Waals surface area contributed by atoms with Crippen molar-refractivity contribution in [1.29, 1.82) is 0 Å². The van der Waals surface area contributed by atoms with Crippen LogP contribution >= 0.6 is 0 Å². The molecule has 20 heavy (non-hydrogen) atoms. The fourth-order valence-electron chi connectivity index (χ4n) is 1.93. The van der Waals surface area contributed by atoms with Crippen LogP contribution in [-0.2, 0) is 14.3 Å². The van der Waals surface area contributed by atoms with E-state index in [1.54, 1.807) is 20.8 Å². The Morgan fingerprint density at radius 3 is 2.30 bits per heavy atom. The molecule has 0 aromatic heterocycles. The first-order valence-corrected chi connectivity index (χ1v) is 6.49. The molecule has 0 unspecified atom stereocenters. The molecule has 0 aliphatic carbocycles. The summed E-state index contributed by atoms with van der Waals surface area (Å²) >= 11 is 0. The average molecular weight is 286 g/mol. The predicted molar refractivity (Wildman–Crippen MR) is 71.2 cm³/mol. The summed E-state index contributed by atoms with van der Waals surface area (Å²) in [5, 5.41) is 11.6. The molecule has 1 aliphatic rings. The van der Waals surface area contributed by atoms with Crippen molar-refractivity contribution in [2.75, 3.05) is 6.54 Å². The van der Waals surface area contributed by atoms with E-state index in [-0.39, 0.29) is 0 Å². The fourth-order valence-corrected chi connectivity index (χ4v) is 1.93. The summed E-state index contributed by atoms with van der Waals surface area (Å²) < 4.78 is 5.08. The van der Waals surface area contributed by atoms with Crippen molar-refractivity contribution in [3.63, 3.8) is 0 Å². The van der Waals surface area contributed by atoms with E-state index in [1.807, 2.05) is 0 Å². The van der Waals surface area contributed by atoms with Crippen LogP contribution in [0.4, 0.5) is 4.79 Å². The number of carboxylic acid groups (broad SMARTS) is 1. The summed E-state index contributed by atoms with van der Waals surface area (Å²) in [5.74, 6) is -1.48. The van der Waals surface area contributed by atoms with Gasteiger partial charge in [0, 0.05) is 6.54 Å². The second-order valence-corrected chi connectivity index (χ2v) is 6.34. The van der Waals surface area contributed by atoms with E-state index in [4.69, 9.17) is 9.84 Å². The van der Waals surface area contributed by atoms with E-state index in [0.29, 0.717) is 13.0 Å². The summed E-state index contributed by atoms with van der Waals surface area (Å²) in [6.07, 6.45) is -0.305. The highest BCUT2D eigenvalue weighted by Crippen LogP contribution is 2.23. The Bertz CT molecular complexity index is 425. The number of hydrogen-bond acceptors (Lipinski definition) is 4. The van der Waals surface area contributed by atoms with Crippen LogP contribution in [0.15, 0.2) is 0 Å². The van der Waals surface area contributed by atoms with Crippen LogP contribution in [0.25, 0.3) is 0 Å². The molecule has 1 fully saturated rings. The van der Waals surface area contributed by atoms with E-state index in [0.717, 1.165) is 0 Å². The zero-order valence-electron chi connectivity index (χ0n) is 12.5. The first-order valence-electron chi connectivity index (χ1n) is 6.49. The predicted octanol–water partition coefficient (Wildman–Crippen LogP) is 0.975. The number of likely N-dealkylation sites (tertiary alicyclic amines) is 1. The normalized spacial score (nSPS) is 19.9. The summed E-state index contributed by atoms with van der Waals surface area (Å²) in [7, 11) is 0. The van der Waals surface area contributed by atoms with Crippen molar-refractivity contribution in [1.82, 2.24) is 10.2 Å². The number of carbonyl (C=O) groups is 3. The highest BCUT2D eigenvalue weighted by Gasteiger charge is 2.45. The minimum Gasteiger partial charge on any atom is -0.480 e. The molecule has 1 heterocycles. The van der Waals surface area contributed by atoms with Gasteiger partial charge in [-0.2, -0.15) is 0 Å². The van der Waals surface area contributed by atoms with Gasteiger partial charge in [-0.05, 0) is 41.0 Å². The lowest BCUT2D eigenvalue weighted by Crippen LogP contribution is -2.53. The molecule has 2 N–H and O–H groups in total.